The molecule has 0 amide bonds. The van der Waals surface area contributed by atoms with Crippen LogP contribution in [0.5, 0.6) is 0 Å². The predicted molar refractivity (Wildman–Crippen MR) is 78.0 cm³/mol. The van der Waals surface area contributed by atoms with Gasteiger partial charge in [0.05, 0.1) is 0 Å². The van der Waals surface area contributed by atoms with E-state index in [1.54, 1.807) is 6.20 Å². The summed E-state index contributed by atoms with van der Waals surface area (Å²) in [5.74, 6) is 0.744. The smallest absolute Gasteiger partial charge is 0.178 e. The summed E-state index contributed by atoms with van der Waals surface area (Å²) in [5.41, 5.74) is 9.59. The van der Waals surface area contributed by atoms with E-state index in [9.17, 15) is 0 Å². The Labute approximate surface area is 119 Å². The van der Waals surface area contributed by atoms with Gasteiger partial charge in [-0.2, -0.15) is 5.10 Å². The van der Waals surface area contributed by atoms with Crippen LogP contribution in [0.15, 0.2) is 18.5 Å². The van der Waals surface area contributed by atoms with Gasteiger partial charge in [0, 0.05) is 36.2 Å². The molecule has 0 spiro atoms. The fourth-order valence-electron chi connectivity index (χ4n) is 3.01. The highest BCUT2D eigenvalue weighted by Crippen LogP contribution is 2.38. The second-order valence-electron chi connectivity index (χ2n) is 6.28. The van der Waals surface area contributed by atoms with Crippen molar-refractivity contribution in [2.75, 3.05) is 0 Å². The Kier molecular flexibility index (Phi) is 3.09. The lowest BCUT2D eigenvalue weighted by Gasteiger charge is -2.34. The molecule has 20 heavy (non-hydrogen) atoms. The third kappa shape index (κ3) is 2.22. The van der Waals surface area contributed by atoms with Crippen LogP contribution in [0.4, 0.5) is 0 Å². The van der Waals surface area contributed by atoms with E-state index >= 15 is 0 Å². The van der Waals surface area contributed by atoms with E-state index in [4.69, 9.17) is 10.7 Å². The normalized spacial score (nSPS) is 20.7. The zero-order valence-corrected chi connectivity index (χ0v) is 12.3. The quantitative estimate of drug-likeness (QED) is 0.910. The maximum Gasteiger partial charge on any atom is 0.178 e. The molecule has 2 aromatic heterocycles. The fraction of sp³-hybridized carbons (Fsp3) is 0.533. The van der Waals surface area contributed by atoms with Crippen LogP contribution < -0.4 is 5.73 Å². The van der Waals surface area contributed by atoms with Gasteiger partial charge in [0.25, 0.3) is 0 Å². The second-order valence-corrected chi connectivity index (χ2v) is 6.28. The number of fused-ring (bicyclic) bond motifs is 1. The van der Waals surface area contributed by atoms with Crippen molar-refractivity contribution in [2.45, 2.75) is 46.2 Å². The van der Waals surface area contributed by atoms with Gasteiger partial charge in [0.2, 0.25) is 0 Å². The van der Waals surface area contributed by atoms with Gasteiger partial charge in [-0.3, -0.25) is 4.68 Å². The lowest BCUT2D eigenvalue weighted by Crippen LogP contribution is -2.30. The lowest BCUT2D eigenvalue weighted by molar-refractivity contribution is 0.278. The molecular weight excluding hydrogens is 250 g/mol. The summed E-state index contributed by atoms with van der Waals surface area (Å²) >= 11 is 0. The molecule has 2 heterocycles. The van der Waals surface area contributed by atoms with Crippen molar-refractivity contribution in [3.63, 3.8) is 0 Å². The number of hydrogen-bond acceptors (Lipinski definition) is 4. The largest absolute Gasteiger partial charge is 0.324 e. The first-order chi connectivity index (χ1) is 9.50. The van der Waals surface area contributed by atoms with Gasteiger partial charge < -0.3 is 5.73 Å². The predicted octanol–water partition coefficient (Wildman–Crippen LogP) is 2.33. The lowest BCUT2D eigenvalue weighted by atomic mass is 9.74. The molecule has 5 nitrogen and oxygen atoms in total. The van der Waals surface area contributed by atoms with Crippen molar-refractivity contribution in [3.8, 4) is 11.5 Å². The molecule has 0 bridgehead atoms. The van der Waals surface area contributed by atoms with Crippen LogP contribution in [-0.4, -0.2) is 19.7 Å². The van der Waals surface area contributed by atoms with Crippen molar-refractivity contribution in [1.82, 2.24) is 19.7 Å². The molecule has 0 aliphatic heterocycles. The number of aromatic nitrogens is 4. The summed E-state index contributed by atoms with van der Waals surface area (Å²) in [6.45, 7) is 7.36. The van der Waals surface area contributed by atoms with Gasteiger partial charge >= 0.3 is 0 Å². The van der Waals surface area contributed by atoms with Gasteiger partial charge in [-0.25, -0.2) is 9.97 Å². The Morgan fingerprint density at radius 2 is 2.25 bits per heavy atom. The Morgan fingerprint density at radius 1 is 1.45 bits per heavy atom. The maximum absolute atomic E-state index is 6.25. The molecule has 1 atom stereocenters. The first-order valence-electron chi connectivity index (χ1n) is 7.14. The second kappa shape index (κ2) is 4.66. The zero-order chi connectivity index (χ0) is 14.3. The molecule has 0 fully saturated rings. The summed E-state index contributed by atoms with van der Waals surface area (Å²) in [6.07, 6.45) is 5.61. The molecule has 106 valence electrons. The third-order valence-corrected chi connectivity index (χ3v) is 3.96. The molecule has 0 saturated heterocycles. The van der Waals surface area contributed by atoms with E-state index in [2.05, 4.69) is 30.9 Å². The molecule has 0 aromatic carbocycles. The minimum atomic E-state index is 0.0406. The van der Waals surface area contributed by atoms with Gasteiger partial charge in [0.15, 0.2) is 5.82 Å². The Morgan fingerprint density at radius 3 is 3.00 bits per heavy atom. The molecular formula is C15H21N5. The van der Waals surface area contributed by atoms with Crippen LogP contribution in [0.2, 0.25) is 0 Å². The van der Waals surface area contributed by atoms with Gasteiger partial charge in [0.1, 0.15) is 5.69 Å². The Bertz CT molecular complexity index is 629. The molecule has 0 saturated carbocycles. The summed E-state index contributed by atoms with van der Waals surface area (Å²) in [7, 11) is 0. The number of aryl methyl sites for hydroxylation is 1. The van der Waals surface area contributed by atoms with Crippen molar-refractivity contribution in [1.29, 1.82) is 0 Å². The first kappa shape index (κ1) is 13.2. The number of nitrogens with zero attached hydrogens (tertiary/aromatic N) is 4. The van der Waals surface area contributed by atoms with Crippen LogP contribution in [0.25, 0.3) is 11.5 Å². The highest BCUT2D eigenvalue weighted by Gasteiger charge is 2.31. The molecule has 1 aliphatic rings. The highest BCUT2D eigenvalue weighted by atomic mass is 15.3. The third-order valence-electron chi connectivity index (χ3n) is 3.96. The monoisotopic (exact) mass is 271 g/mol. The number of hydrogen-bond donors (Lipinski definition) is 1. The van der Waals surface area contributed by atoms with Gasteiger partial charge in [-0.1, -0.05) is 13.8 Å². The van der Waals surface area contributed by atoms with Crippen LogP contribution in [0.1, 0.15) is 44.5 Å². The van der Waals surface area contributed by atoms with Crippen molar-refractivity contribution in [2.24, 2.45) is 11.1 Å². The SMILES string of the molecule is CCn1nccc1-c1ncc2c(n1)CC(C)(C)CC2N. The van der Waals surface area contributed by atoms with E-state index in [-0.39, 0.29) is 11.5 Å². The standard InChI is InChI=1S/C15H21N5/c1-4-20-13(5-6-18-20)14-17-9-10-11(16)7-15(2,3)8-12(10)19-14/h5-6,9,11H,4,7-8,16H2,1-3H3. The summed E-state index contributed by atoms with van der Waals surface area (Å²) in [4.78, 5) is 9.25. The molecule has 1 aliphatic carbocycles. The minimum Gasteiger partial charge on any atom is -0.324 e. The van der Waals surface area contributed by atoms with Crippen molar-refractivity contribution < 1.29 is 0 Å². The zero-order valence-electron chi connectivity index (χ0n) is 12.3. The van der Waals surface area contributed by atoms with E-state index in [0.717, 1.165) is 42.2 Å². The van der Waals surface area contributed by atoms with E-state index < -0.39 is 0 Å². The Balaban J connectivity index is 2.05. The van der Waals surface area contributed by atoms with E-state index in [1.807, 2.05) is 16.9 Å². The number of nitrogens with two attached hydrogens (primary N) is 1. The van der Waals surface area contributed by atoms with Crippen LogP contribution in [0, 0.1) is 5.41 Å². The summed E-state index contributed by atoms with van der Waals surface area (Å²) < 4.78 is 1.91. The van der Waals surface area contributed by atoms with Crippen LogP contribution in [-0.2, 0) is 13.0 Å². The van der Waals surface area contributed by atoms with Crippen LogP contribution in [0.3, 0.4) is 0 Å². The topological polar surface area (TPSA) is 69.6 Å². The fourth-order valence-corrected chi connectivity index (χ4v) is 3.01. The number of rotatable bonds is 2. The minimum absolute atomic E-state index is 0.0406. The average molecular weight is 271 g/mol. The Hall–Kier alpha value is -1.75. The van der Waals surface area contributed by atoms with Crippen LogP contribution >= 0.6 is 0 Å². The van der Waals surface area contributed by atoms with Crippen molar-refractivity contribution >= 4 is 0 Å². The maximum atomic E-state index is 6.25. The summed E-state index contributed by atoms with van der Waals surface area (Å²) in [5, 5.41) is 4.28. The van der Waals surface area contributed by atoms with E-state index in [0.29, 0.717) is 0 Å². The average Bonchev–Trinajstić information content (AvgIpc) is 2.84. The molecule has 2 aromatic rings. The first-order valence-corrected chi connectivity index (χ1v) is 7.14. The van der Waals surface area contributed by atoms with Gasteiger partial charge in [-0.15, -0.1) is 0 Å². The van der Waals surface area contributed by atoms with Gasteiger partial charge in [-0.05, 0) is 31.2 Å². The molecule has 0 radical (unpaired) electrons. The van der Waals surface area contributed by atoms with Crippen molar-refractivity contribution in [3.05, 3.63) is 29.7 Å². The summed E-state index contributed by atoms with van der Waals surface area (Å²) in [6, 6.07) is 2.00. The molecule has 1 unspecified atom stereocenters. The molecule has 3 rings (SSSR count). The highest BCUT2D eigenvalue weighted by molar-refractivity contribution is 5.50. The molecule has 5 heteroatoms. The van der Waals surface area contributed by atoms with E-state index in [1.165, 1.54) is 0 Å². The molecule has 2 N–H and O–H groups in total.